The van der Waals surface area contributed by atoms with E-state index in [1.807, 2.05) is 6.92 Å². The van der Waals surface area contributed by atoms with Gasteiger partial charge < -0.3 is 4.90 Å². The Labute approximate surface area is 110 Å². The molecule has 0 radical (unpaired) electrons. The molecule has 0 bridgehead atoms. The Morgan fingerprint density at radius 2 is 2.12 bits per heavy atom. The van der Waals surface area contributed by atoms with E-state index in [1.54, 1.807) is 4.90 Å². The molecular formula is C13H17BrFNO. The molecule has 0 aliphatic carbocycles. The van der Waals surface area contributed by atoms with Crippen LogP contribution in [-0.4, -0.2) is 23.9 Å². The Bertz CT molecular complexity index is 406. The largest absolute Gasteiger partial charge is 0.339 e. The number of carbonyl (C=O) groups excluding carboxylic acids is 1. The van der Waals surface area contributed by atoms with Crippen molar-refractivity contribution in [3.8, 4) is 0 Å². The maximum atomic E-state index is 12.9. The Hall–Kier alpha value is -0.900. The molecule has 0 unspecified atom stereocenters. The smallest absolute Gasteiger partial charge is 0.255 e. The molecule has 0 aromatic heterocycles. The first-order valence-electron chi connectivity index (χ1n) is 5.70. The van der Waals surface area contributed by atoms with Crippen LogP contribution in [0.15, 0.2) is 22.7 Å². The van der Waals surface area contributed by atoms with Gasteiger partial charge in [0, 0.05) is 17.6 Å². The van der Waals surface area contributed by atoms with E-state index in [0.29, 0.717) is 29.0 Å². The Morgan fingerprint density at radius 3 is 2.59 bits per heavy atom. The first-order valence-corrected chi connectivity index (χ1v) is 6.49. The van der Waals surface area contributed by atoms with Gasteiger partial charge in [-0.2, -0.15) is 0 Å². The molecule has 1 aromatic rings. The van der Waals surface area contributed by atoms with Gasteiger partial charge in [-0.15, -0.1) is 0 Å². The molecule has 0 aliphatic heterocycles. The van der Waals surface area contributed by atoms with Crippen molar-refractivity contribution in [2.45, 2.75) is 20.8 Å². The summed E-state index contributed by atoms with van der Waals surface area (Å²) in [5.41, 5.74) is 0.508. The number of carbonyl (C=O) groups is 1. The van der Waals surface area contributed by atoms with E-state index >= 15 is 0 Å². The zero-order valence-electron chi connectivity index (χ0n) is 10.3. The van der Waals surface area contributed by atoms with Gasteiger partial charge in [-0.05, 0) is 47.0 Å². The minimum atomic E-state index is -0.347. The Balaban J connectivity index is 2.93. The van der Waals surface area contributed by atoms with Crippen LogP contribution in [0.4, 0.5) is 4.39 Å². The number of amides is 1. The van der Waals surface area contributed by atoms with Gasteiger partial charge in [0.1, 0.15) is 5.82 Å². The molecule has 0 spiro atoms. The highest BCUT2D eigenvalue weighted by molar-refractivity contribution is 9.10. The summed E-state index contributed by atoms with van der Waals surface area (Å²) in [5, 5.41) is 0. The number of nitrogens with zero attached hydrogens (tertiary/aromatic N) is 1. The molecule has 0 aliphatic rings. The second-order valence-electron chi connectivity index (χ2n) is 4.36. The summed E-state index contributed by atoms with van der Waals surface area (Å²) in [6.07, 6.45) is 0. The summed E-state index contributed by atoms with van der Waals surface area (Å²) < 4.78 is 13.5. The number of hydrogen-bond acceptors (Lipinski definition) is 1. The SMILES string of the molecule is CCN(CC(C)C)C(=O)c1ccc(F)cc1Br. The number of rotatable bonds is 4. The van der Waals surface area contributed by atoms with Crippen molar-refractivity contribution >= 4 is 21.8 Å². The average Bonchev–Trinajstić information content (AvgIpc) is 2.24. The minimum absolute atomic E-state index is 0.0620. The molecule has 17 heavy (non-hydrogen) atoms. The number of hydrogen-bond donors (Lipinski definition) is 0. The van der Waals surface area contributed by atoms with E-state index in [0.717, 1.165) is 0 Å². The molecule has 94 valence electrons. The van der Waals surface area contributed by atoms with Gasteiger partial charge in [0.05, 0.1) is 5.56 Å². The molecule has 0 fully saturated rings. The van der Waals surface area contributed by atoms with Crippen LogP contribution in [0.5, 0.6) is 0 Å². The van der Waals surface area contributed by atoms with Crippen molar-refractivity contribution in [3.05, 3.63) is 34.1 Å². The van der Waals surface area contributed by atoms with Gasteiger partial charge in [-0.25, -0.2) is 4.39 Å². The highest BCUT2D eigenvalue weighted by Crippen LogP contribution is 2.20. The molecule has 4 heteroatoms. The van der Waals surface area contributed by atoms with Crippen LogP contribution in [-0.2, 0) is 0 Å². The highest BCUT2D eigenvalue weighted by Gasteiger charge is 2.17. The summed E-state index contributed by atoms with van der Waals surface area (Å²) >= 11 is 3.22. The van der Waals surface area contributed by atoms with Crippen molar-refractivity contribution < 1.29 is 9.18 Å². The van der Waals surface area contributed by atoms with Crippen LogP contribution in [0.1, 0.15) is 31.1 Å². The van der Waals surface area contributed by atoms with Crippen molar-refractivity contribution in [2.24, 2.45) is 5.92 Å². The zero-order chi connectivity index (χ0) is 13.0. The third-order valence-electron chi connectivity index (χ3n) is 2.42. The lowest BCUT2D eigenvalue weighted by atomic mass is 10.1. The van der Waals surface area contributed by atoms with Crippen LogP contribution in [0, 0.1) is 11.7 Å². The Kier molecular flexibility index (Phi) is 5.12. The van der Waals surface area contributed by atoms with Crippen LogP contribution >= 0.6 is 15.9 Å². The fraction of sp³-hybridized carbons (Fsp3) is 0.462. The van der Waals surface area contributed by atoms with E-state index < -0.39 is 0 Å². The fourth-order valence-corrected chi connectivity index (χ4v) is 2.15. The second-order valence-corrected chi connectivity index (χ2v) is 5.22. The molecule has 0 N–H and O–H groups in total. The lowest BCUT2D eigenvalue weighted by molar-refractivity contribution is 0.0745. The van der Waals surface area contributed by atoms with Gasteiger partial charge in [-0.1, -0.05) is 13.8 Å². The second kappa shape index (κ2) is 6.15. The summed E-state index contributed by atoms with van der Waals surface area (Å²) in [4.78, 5) is 14.0. The molecule has 0 saturated carbocycles. The maximum absolute atomic E-state index is 12.9. The van der Waals surface area contributed by atoms with Crippen LogP contribution in [0.25, 0.3) is 0 Å². The topological polar surface area (TPSA) is 20.3 Å². The summed E-state index contributed by atoms with van der Waals surface area (Å²) in [6, 6.07) is 4.14. The van der Waals surface area contributed by atoms with Crippen molar-refractivity contribution in [2.75, 3.05) is 13.1 Å². The Morgan fingerprint density at radius 1 is 1.47 bits per heavy atom. The van der Waals surface area contributed by atoms with Crippen molar-refractivity contribution in [1.29, 1.82) is 0 Å². The van der Waals surface area contributed by atoms with E-state index in [9.17, 15) is 9.18 Å². The normalized spacial score (nSPS) is 10.7. The van der Waals surface area contributed by atoms with Gasteiger partial charge >= 0.3 is 0 Å². The van der Waals surface area contributed by atoms with Crippen molar-refractivity contribution in [1.82, 2.24) is 4.90 Å². The molecule has 0 atom stereocenters. The predicted octanol–water partition coefficient (Wildman–Crippen LogP) is 3.71. The lowest BCUT2D eigenvalue weighted by Gasteiger charge is -2.23. The fourth-order valence-electron chi connectivity index (χ4n) is 1.63. The van der Waals surface area contributed by atoms with Gasteiger partial charge in [0.2, 0.25) is 0 Å². The van der Waals surface area contributed by atoms with Crippen molar-refractivity contribution in [3.63, 3.8) is 0 Å². The molecule has 1 amide bonds. The molecule has 1 aromatic carbocycles. The highest BCUT2D eigenvalue weighted by atomic mass is 79.9. The lowest BCUT2D eigenvalue weighted by Crippen LogP contribution is -2.34. The maximum Gasteiger partial charge on any atom is 0.255 e. The molecular weight excluding hydrogens is 285 g/mol. The van der Waals surface area contributed by atoms with Crippen LogP contribution < -0.4 is 0 Å². The quantitative estimate of drug-likeness (QED) is 0.830. The average molecular weight is 302 g/mol. The third kappa shape index (κ3) is 3.80. The van der Waals surface area contributed by atoms with Gasteiger partial charge in [0.15, 0.2) is 0 Å². The number of benzene rings is 1. The van der Waals surface area contributed by atoms with E-state index in [1.165, 1.54) is 18.2 Å². The molecule has 0 saturated heterocycles. The molecule has 0 heterocycles. The number of halogens is 2. The van der Waals surface area contributed by atoms with Crippen LogP contribution in [0.3, 0.4) is 0 Å². The van der Waals surface area contributed by atoms with Gasteiger partial charge in [0.25, 0.3) is 5.91 Å². The summed E-state index contributed by atoms with van der Waals surface area (Å²) in [7, 11) is 0. The molecule has 2 nitrogen and oxygen atoms in total. The first kappa shape index (κ1) is 14.2. The molecule has 1 rings (SSSR count). The van der Waals surface area contributed by atoms with Gasteiger partial charge in [-0.3, -0.25) is 4.79 Å². The summed E-state index contributed by atoms with van der Waals surface area (Å²) in [6.45, 7) is 7.43. The van der Waals surface area contributed by atoms with E-state index in [2.05, 4.69) is 29.8 Å². The third-order valence-corrected chi connectivity index (χ3v) is 3.07. The first-order chi connectivity index (χ1) is 7.95. The summed E-state index contributed by atoms with van der Waals surface area (Å²) in [5.74, 6) is 0.00605. The standard InChI is InChI=1S/C13H17BrFNO/c1-4-16(8-9(2)3)13(17)11-6-5-10(15)7-12(11)14/h5-7,9H,4,8H2,1-3H3. The van der Waals surface area contributed by atoms with E-state index in [-0.39, 0.29) is 11.7 Å². The minimum Gasteiger partial charge on any atom is -0.339 e. The van der Waals surface area contributed by atoms with Crippen LogP contribution in [0.2, 0.25) is 0 Å². The predicted molar refractivity (Wildman–Crippen MR) is 70.5 cm³/mol. The van der Waals surface area contributed by atoms with E-state index in [4.69, 9.17) is 0 Å². The monoisotopic (exact) mass is 301 g/mol. The zero-order valence-corrected chi connectivity index (χ0v) is 11.9.